The summed E-state index contributed by atoms with van der Waals surface area (Å²) in [4.78, 5) is 0. The predicted molar refractivity (Wildman–Crippen MR) is 103 cm³/mol. The van der Waals surface area contributed by atoms with Crippen LogP contribution in [0.1, 0.15) is 104 Å². The molecule has 0 spiro atoms. The van der Waals surface area contributed by atoms with Gasteiger partial charge < -0.3 is 0 Å². The van der Waals surface area contributed by atoms with E-state index in [2.05, 4.69) is 23.6 Å². The minimum absolute atomic E-state index is 0.154. The standard InChI is InChI=1S/C18H38Si3/c1-3-5-7-9-11-13-15-17-20-21(19)18-16-14-12-10-8-6-4-2/h3-18H2,1-2H3. The minimum atomic E-state index is -0.154. The molecular formula is C18H38Si3. The van der Waals surface area contributed by atoms with E-state index in [1.54, 1.807) is 0 Å². The summed E-state index contributed by atoms with van der Waals surface area (Å²) in [6.45, 7) is 4.59. The largest absolute Gasteiger partial charge is 0.0654 e. The summed E-state index contributed by atoms with van der Waals surface area (Å²) < 4.78 is 0. The molecule has 0 amide bonds. The smallest absolute Gasteiger partial charge is 0.0218 e. The van der Waals surface area contributed by atoms with Crippen molar-refractivity contribution in [2.45, 2.75) is 116 Å². The van der Waals surface area contributed by atoms with E-state index in [-0.39, 0.29) is 7.83 Å². The molecule has 0 heterocycles. The third-order valence-electron chi connectivity index (χ3n) is 4.15. The van der Waals surface area contributed by atoms with E-state index in [0.29, 0.717) is 0 Å². The molecule has 6 radical (unpaired) electrons. The zero-order chi connectivity index (χ0) is 15.6. The molecule has 0 saturated carbocycles. The maximum atomic E-state index is 4.04. The Morgan fingerprint density at radius 2 is 1.05 bits per heavy atom. The predicted octanol–water partition coefficient (Wildman–Crippen LogP) is 6.27. The Bertz CT molecular complexity index is 185. The Kier molecular flexibility index (Phi) is 19.3. The van der Waals surface area contributed by atoms with Gasteiger partial charge in [-0.2, -0.15) is 0 Å². The van der Waals surface area contributed by atoms with E-state index in [0.717, 1.165) is 0 Å². The maximum Gasteiger partial charge on any atom is 0.0218 e. The zero-order valence-corrected chi connectivity index (χ0v) is 17.8. The highest BCUT2D eigenvalue weighted by Gasteiger charge is 2.04. The first-order chi connectivity index (χ1) is 10.3. The second kappa shape index (κ2) is 18.7. The Labute approximate surface area is 142 Å². The van der Waals surface area contributed by atoms with E-state index in [1.165, 1.54) is 111 Å². The van der Waals surface area contributed by atoms with Crippen LogP contribution in [-0.4, -0.2) is 26.6 Å². The summed E-state index contributed by atoms with van der Waals surface area (Å²) in [7, 11) is 5.13. The van der Waals surface area contributed by atoms with E-state index < -0.39 is 0 Å². The van der Waals surface area contributed by atoms with Crippen molar-refractivity contribution in [1.82, 2.24) is 0 Å². The monoisotopic (exact) mass is 338 g/mol. The van der Waals surface area contributed by atoms with Crippen LogP contribution in [0.2, 0.25) is 12.1 Å². The van der Waals surface area contributed by atoms with Crippen LogP contribution >= 0.6 is 0 Å². The topological polar surface area (TPSA) is 0 Å². The van der Waals surface area contributed by atoms with Gasteiger partial charge in [-0.25, -0.2) is 0 Å². The first-order valence-corrected chi connectivity index (χ1v) is 15.0. The molecule has 0 aromatic heterocycles. The van der Waals surface area contributed by atoms with Crippen LogP contribution in [0.25, 0.3) is 0 Å². The van der Waals surface area contributed by atoms with Crippen LogP contribution in [0.4, 0.5) is 0 Å². The zero-order valence-electron chi connectivity index (χ0n) is 14.8. The van der Waals surface area contributed by atoms with E-state index >= 15 is 0 Å². The van der Waals surface area contributed by atoms with Gasteiger partial charge in [0, 0.05) is 26.6 Å². The highest BCUT2D eigenvalue weighted by molar-refractivity contribution is 7.34. The third kappa shape index (κ3) is 18.6. The van der Waals surface area contributed by atoms with Gasteiger partial charge >= 0.3 is 0 Å². The molecule has 0 aromatic carbocycles. The molecule has 0 atom stereocenters. The lowest BCUT2D eigenvalue weighted by atomic mass is 10.1. The lowest BCUT2D eigenvalue weighted by Gasteiger charge is -2.08. The summed E-state index contributed by atoms with van der Waals surface area (Å²) in [5.41, 5.74) is 0. The molecule has 0 bridgehead atoms. The average Bonchev–Trinajstić information content (AvgIpc) is 2.49. The number of hydrogen-bond acceptors (Lipinski definition) is 0. The lowest BCUT2D eigenvalue weighted by Crippen LogP contribution is -2.22. The molecule has 0 unspecified atom stereocenters. The Balaban J connectivity index is 3.11. The van der Waals surface area contributed by atoms with Gasteiger partial charge in [-0.15, -0.1) is 0 Å². The third-order valence-corrected chi connectivity index (χ3v) is 11.2. The Morgan fingerprint density at radius 1 is 0.619 bits per heavy atom. The molecular weight excluding hydrogens is 300 g/mol. The van der Waals surface area contributed by atoms with Crippen molar-refractivity contribution in [3.63, 3.8) is 0 Å². The van der Waals surface area contributed by atoms with Crippen LogP contribution in [0, 0.1) is 0 Å². The molecule has 0 aliphatic carbocycles. The first kappa shape index (κ1) is 21.7. The van der Waals surface area contributed by atoms with Gasteiger partial charge in [0.2, 0.25) is 0 Å². The molecule has 0 aliphatic rings. The number of rotatable bonds is 17. The highest BCUT2D eigenvalue weighted by atomic mass is 29.5. The average molecular weight is 339 g/mol. The molecule has 0 fully saturated rings. The second-order valence-corrected chi connectivity index (χ2v) is 14.9. The molecule has 0 nitrogen and oxygen atoms in total. The first-order valence-electron chi connectivity index (χ1n) is 9.62. The van der Waals surface area contributed by atoms with Gasteiger partial charge in [0.15, 0.2) is 0 Å². The number of unbranched alkanes of at least 4 members (excludes halogenated alkanes) is 12. The van der Waals surface area contributed by atoms with Crippen molar-refractivity contribution < 1.29 is 0 Å². The van der Waals surface area contributed by atoms with Crippen LogP contribution in [0.3, 0.4) is 0 Å². The molecule has 0 saturated heterocycles. The van der Waals surface area contributed by atoms with E-state index in [9.17, 15) is 0 Å². The molecule has 21 heavy (non-hydrogen) atoms. The molecule has 3 heteroatoms. The molecule has 122 valence electrons. The summed E-state index contributed by atoms with van der Waals surface area (Å²) in [5.74, 6) is 0. The SMILES string of the molecule is CCCCCCCCC[Si][Si]([Si])CCCCCCCCC. The van der Waals surface area contributed by atoms with Crippen LogP contribution in [-0.2, 0) is 0 Å². The quantitative estimate of drug-likeness (QED) is 0.217. The van der Waals surface area contributed by atoms with Crippen LogP contribution < -0.4 is 0 Å². The Morgan fingerprint density at radius 3 is 1.57 bits per heavy atom. The fourth-order valence-electron chi connectivity index (χ4n) is 2.67. The summed E-state index contributed by atoms with van der Waals surface area (Å²) in [6, 6.07) is 3.01. The highest BCUT2D eigenvalue weighted by Crippen LogP contribution is 2.11. The molecule has 0 aliphatic heterocycles. The lowest BCUT2D eigenvalue weighted by molar-refractivity contribution is 0.601. The van der Waals surface area contributed by atoms with Gasteiger partial charge in [-0.05, 0) is 0 Å². The van der Waals surface area contributed by atoms with Crippen molar-refractivity contribution >= 4 is 26.6 Å². The fourth-order valence-corrected chi connectivity index (χ4v) is 8.33. The van der Waals surface area contributed by atoms with Crippen molar-refractivity contribution in [3.05, 3.63) is 0 Å². The van der Waals surface area contributed by atoms with Crippen molar-refractivity contribution in [2.24, 2.45) is 0 Å². The molecule has 0 aromatic rings. The van der Waals surface area contributed by atoms with Crippen molar-refractivity contribution in [2.75, 3.05) is 0 Å². The molecule has 0 N–H and O–H groups in total. The van der Waals surface area contributed by atoms with Crippen molar-refractivity contribution in [1.29, 1.82) is 0 Å². The van der Waals surface area contributed by atoms with Gasteiger partial charge in [-0.1, -0.05) is 116 Å². The van der Waals surface area contributed by atoms with E-state index in [4.69, 9.17) is 0 Å². The minimum Gasteiger partial charge on any atom is -0.0654 e. The van der Waals surface area contributed by atoms with Crippen LogP contribution in [0.15, 0.2) is 0 Å². The summed E-state index contributed by atoms with van der Waals surface area (Å²) >= 11 is 0. The van der Waals surface area contributed by atoms with Crippen molar-refractivity contribution in [3.8, 4) is 0 Å². The van der Waals surface area contributed by atoms with Gasteiger partial charge in [0.25, 0.3) is 0 Å². The summed E-state index contributed by atoms with van der Waals surface area (Å²) in [5, 5.41) is 0. The second-order valence-electron chi connectivity index (χ2n) is 6.40. The van der Waals surface area contributed by atoms with Gasteiger partial charge in [0.1, 0.15) is 0 Å². The maximum absolute atomic E-state index is 4.04. The van der Waals surface area contributed by atoms with E-state index in [1.807, 2.05) is 0 Å². The van der Waals surface area contributed by atoms with Gasteiger partial charge in [0.05, 0.1) is 0 Å². The van der Waals surface area contributed by atoms with Gasteiger partial charge in [-0.3, -0.25) is 0 Å². The normalized spacial score (nSPS) is 11.4. The summed E-state index contributed by atoms with van der Waals surface area (Å²) in [6.07, 6.45) is 20.4. The van der Waals surface area contributed by atoms with Crippen LogP contribution in [0.5, 0.6) is 0 Å². The Hall–Kier alpha value is 0.651. The number of hydrogen-bond donors (Lipinski definition) is 0. The molecule has 0 rings (SSSR count). The fraction of sp³-hybridized carbons (Fsp3) is 1.00.